The van der Waals surface area contributed by atoms with Gasteiger partial charge in [-0.1, -0.05) is 43.4 Å². The monoisotopic (exact) mass is 518 g/mol. The fourth-order valence-corrected chi connectivity index (χ4v) is 5.41. The zero-order valence-corrected chi connectivity index (χ0v) is 22.9. The first kappa shape index (κ1) is 28.4. The van der Waals surface area contributed by atoms with Gasteiger partial charge in [0.1, 0.15) is 11.9 Å². The topological polar surface area (TPSA) is 67.9 Å². The Hall–Kier alpha value is -2.21. The van der Waals surface area contributed by atoms with Crippen LogP contribution >= 0.6 is 11.6 Å². The maximum Gasteiger partial charge on any atom is 0.247 e. The van der Waals surface area contributed by atoms with Crippen LogP contribution in [0.1, 0.15) is 96.1 Å². The average molecular weight is 519 g/mol. The number of rotatable bonds is 11. The molecule has 1 atom stereocenters. The maximum absolute atomic E-state index is 13.9. The average Bonchev–Trinajstić information content (AvgIpc) is 3.15. The smallest absolute Gasteiger partial charge is 0.247 e. The lowest BCUT2D eigenvalue weighted by Crippen LogP contribution is -2.47. The van der Waals surface area contributed by atoms with Crippen LogP contribution in [0.25, 0.3) is 0 Å². The van der Waals surface area contributed by atoms with E-state index in [0.29, 0.717) is 23.6 Å². The van der Waals surface area contributed by atoms with E-state index in [1.807, 2.05) is 32.0 Å². The molecule has 0 saturated heterocycles. The predicted molar refractivity (Wildman–Crippen MR) is 145 cm³/mol. The highest BCUT2D eigenvalue weighted by atomic mass is 35.5. The highest BCUT2D eigenvalue weighted by Crippen LogP contribution is 2.34. The number of carbonyl (C=O) groups is 2. The Morgan fingerprint density at radius 2 is 1.83 bits per heavy atom. The summed E-state index contributed by atoms with van der Waals surface area (Å²) in [5.74, 6) is 0.592. The third-order valence-electron chi connectivity index (χ3n) is 7.12. The highest BCUT2D eigenvalue weighted by Gasteiger charge is 2.33. The first-order valence-corrected chi connectivity index (χ1v) is 14.1. The number of methoxy groups -OCH3 is 1. The van der Waals surface area contributed by atoms with Crippen molar-refractivity contribution in [2.45, 2.75) is 103 Å². The van der Waals surface area contributed by atoms with Crippen molar-refractivity contribution in [3.63, 3.8) is 0 Å². The van der Waals surface area contributed by atoms with Crippen LogP contribution in [0.3, 0.4) is 0 Å². The Labute approximate surface area is 221 Å². The molecule has 0 aliphatic heterocycles. The Morgan fingerprint density at radius 3 is 2.44 bits per heavy atom. The summed E-state index contributed by atoms with van der Waals surface area (Å²) in [6.07, 6.45) is 14.1. The third kappa shape index (κ3) is 8.16. The maximum atomic E-state index is 13.9. The van der Waals surface area contributed by atoms with Gasteiger partial charge in [0.05, 0.1) is 13.2 Å². The minimum atomic E-state index is -0.786. The molecule has 1 aromatic carbocycles. The number of nitrogens with one attached hydrogen (secondary N) is 1. The van der Waals surface area contributed by atoms with Crippen molar-refractivity contribution >= 4 is 23.4 Å². The van der Waals surface area contributed by atoms with Crippen molar-refractivity contribution in [3.05, 3.63) is 35.4 Å². The third-order valence-corrected chi connectivity index (χ3v) is 7.35. The van der Waals surface area contributed by atoms with Gasteiger partial charge in [-0.3, -0.25) is 9.59 Å². The molecule has 1 fully saturated rings. The van der Waals surface area contributed by atoms with E-state index in [9.17, 15) is 9.59 Å². The van der Waals surface area contributed by atoms with Gasteiger partial charge in [-0.05, 0) is 76.5 Å². The lowest BCUT2D eigenvalue weighted by Gasteiger charge is -2.33. The molecule has 3 rings (SSSR count). The quantitative estimate of drug-likeness (QED) is 0.211. The second kappa shape index (κ2) is 14.5. The molecule has 6 nitrogen and oxygen atoms in total. The first-order valence-electron chi connectivity index (χ1n) is 13.6. The van der Waals surface area contributed by atoms with Gasteiger partial charge < -0.3 is 19.7 Å². The van der Waals surface area contributed by atoms with Crippen LogP contribution in [0, 0.1) is 0 Å². The molecule has 36 heavy (non-hydrogen) atoms. The summed E-state index contributed by atoms with van der Waals surface area (Å²) in [4.78, 5) is 28.7. The van der Waals surface area contributed by atoms with Crippen LogP contribution in [0.4, 0.5) is 0 Å². The van der Waals surface area contributed by atoms with E-state index in [1.165, 1.54) is 31.3 Å². The summed E-state index contributed by atoms with van der Waals surface area (Å²) in [5, 5.41) is 3.28. The van der Waals surface area contributed by atoms with Gasteiger partial charge in [0.2, 0.25) is 11.8 Å². The zero-order chi connectivity index (χ0) is 25.9. The molecule has 7 heteroatoms. The van der Waals surface area contributed by atoms with E-state index in [1.54, 1.807) is 12.0 Å². The summed E-state index contributed by atoms with van der Waals surface area (Å²) in [7, 11) is 1.59. The molecule has 0 unspecified atom stereocenters. The van der Waals surface area contributed by atoms with Gasteiger partial charge in [0.25, 0.3) is 0 Å². The number of carbonyl (C=O) groups excluding carboxylic acids is 2. The fourth-order valence-electron chi connectivity index (χ4n) is 5.25. The summed E-state index contributed by atoms with van der Waals surface area (Å²) >= 11 is 6.08. The number of alkyl halides is 1. The second-order valence-corrected chi connectivity index (χ2v) is 10.5. The molecule has 1 aromatic rings. The van der Waals surface area contributed by atoms with E-state index in [4.69, 9.17) is 21.1 Å². The highest BCUT2D eigenvalue weighted by molar-refractivity contribution is 6.27. The minimum absolute atomic E-state index is 0.0165. The van der Waals surface area contributed by atoms with Gasteiger partial charge in [0, 0.05) is 12.6 Å². The van der Waals surface area contributed by atoms with Gasteiger partial charge in [-0.15, -0.1) is 11.6 Å². The summed E-state index contributed by atoms with van der Waals surface area (Å²) in [6.45, 7) is 4.36. The Kier molecular flexibility index (Phi) is 11.4. The number of benzene rings is 1. The number of halogens is 1. The van der Waals surface area contributed by atoms with Crippen LogP contribution in [-0.2, 0) is 9.59 Å². The van der Waals surface area contributed by atoms with E-state index in [0.717, 1.165) is 44.9 Å². The first-order chi connectivity index (χ1) is 17.4. The van der Waals surface area contributed by atoms with Crippen molar-refractivity contribution in [2.75, 3.05) is 19.5 Å². The lowest BCUT2D eigenvalue weighted by atomic mass is 9.96. The molecule has 2 amide bonds. The van der Waals surface area contributed by atoms with Crippen LogP contribution in [-0.4, -0.2) is 48.4 Å². The molecular weight excluding hydrogens is 476 g/mol. The van der Waals surface area contributed by atoms with E-state index in [2.05, 4.69) is 11.4 Å². The second-order valence-electron chi connectivity index (χ2n) is 10.3. The van der Waals surface area contributed by atoms with Gasteiger partial charge in [-0.2, -0.15) is 0 Å². The SMILES string of the molecule is COc1cc([C@H](C(=O)NC2CCCCCC2)N(CCC2=CCCCC2)C(=O)CCl)ccc1OC(C)C. The largest absolute Gasteiger partial charge is 0.493 e. The lowest BCUT2D eigenvalue weighted by molar-refractivity contribution is -0.139. The van der Waals surface area contributed by atoms with E-state index < -0.39 is 6.04 Å². The van der Waals surface area contributed by atoms with E-state index in [-0.39, 0.29) is 29.8 Å². The molecular formula is C29H43ClN2O4. The number of hydrogen-bond acceptors (Lipinski definition) is 4. The number of nitrogens with zero attached hydrogens (tertiary/aromatic N) is 1. The van der Waals surface area contributed by atoms with Gasteiger partial charge >= 0.3 is 0 Å². The predicted octanol–water partition coefficient (Wildman–Crippen LogP) is 6.32. The molecule has 1 saturated carbocycles. The number of ether oxygens (including phenoxy) is 2. The van der Waals surface area contributed by atoms with Crippen molar-refractivity contribution < 1.29 is 19.1 Å². The number of hydrogen-bond donors (Lipinski definition) is 1. The number of amides is 2. The van der Waals surface area contributed by atoms with Crippen molar-refractivity contribution in [2.24, 2.45) is 0 Å². The fraction of sp³-hybridized carbons (Fsp3) is 0.655. The van der Waals surface area contributed by atoms with Crippen molar-refractivity contribution in [1.29, 1.82) is 0 Å². The van der Waals surface area contributed by atoms with Crippen LogP contribution < -0.4 is 14.8 Å². The molecule has 2 aliphatic carbocycles. The Bertz CT molecular complexity index is 893. The van der Waals surface area contributed by atoms with Crippen LogP contribution in [0.2, 0.25) is 0 Å². The Balaban J connectivity index is 1.93. The van der Waals surface area contributed by atoms with E-state index >= 15 is 0 Å². The molecule has 0 bridgehead atoms. The zero-order valence-electron chi connectivity index (χ0n) is 22.2. The molecule has 1 N–H and O–H groups in total. The molecule has 0 spiro atoms. The van der Waals surface area contributed by atoms with Crippen molar-refractivity contribution in [3.8, 4) is 11.5 Å². The van der Waals surface area contributed by atoms with Crippen LogP contribution in [0.15, 0.2) is 29.8 Å². The molecule has 0 radical (unpaired) electrons. The molecule has 2 aliphatic rings. The summed E-state index contributed by atoms with van der Waals surface area (Å²) in [6, 6.07) is 4.86. The normalized spacial score (nSPS) is 17.6. The molecule has 200 valence electrons. The molecule has 0 aromatic heterocycles. The minimum Gasteiger partial charge on any atom is -0.493 e. The van der Waals surface area contributed by atoms with Gasteiger partial charge in [-0.25, -0.2) is 0 Å². The van der Waals surface area contributed by atoms with Gasteiger partial charge in [0.15, 0.2) is 11.5 Å². The Morgan fingerprint density at radius 1 is 1.08 bits per heavy atom. The molecule has 0 heterocycles. The summed E-state index contributed by atoms with van der Waals surface area (Å²) < 4.78 is 11.5. The van der Waals surface area contributed by atoms with Crippen molar-refractivity contribution in [1.82, 2.24) is 10.2 Å². The van der Waals surface area contributed by atoms with Crippen LogP contribution in [0.5, 0.6) is 11.5 Å². The summed E-state index contributed by atoms with van der Waals surface area (Å²) in [5.41, 5.74) is 2.06. The standard InChI is InChI=1S/C29H43ClN2O4/c1-21(2)36-25-16-15-23(19-26(25)35-3)28(29(34)31-24-13-9-4-5-10-14-24)32(27(33)20-30)18-17-22-11-7-6-8-12-22/h11,15-16,19,21,24,28H,4-10,12-14,17-18,20H2,1-3H3,(H,31,34)/t28-/m1/s1. The number of allylic oxidation sites excluding steroid dienone is 1.